The van der Waals surface area contributed by atoms with Gasteiger partial charge in [0.1, 0.15) is 5.75 Å². The van der Waals surface area contributed by atoms with Crippen LogP contribution in [0.1, 0.15) is 70.3 Å². The smallest absolute Gasteiger partial charge is 0.159 e. The Bertz CT molecular complexity index is 963. The van der Waals surface area contributed by atoms with E-state index in [0.717, 1.165) is 53.8 Å². The Morgan fingerprint density at radius 2 is 1.72 bits per heavy atom. The van der Waals surface area contributed by atoms with Crippen LogP contribution in [-0.2, 0) is 6.42 Å². The molecule has 3 nitrogen and oxygen atoms in total. The summed E-state index contributed by atoms with van der Waals surface area (Å²) in [5.74, 6) is 2.67. The summed E-state index contributed by atoms with van der Waals surface area (Å²) in [5.41, 5.74) is 4.39. The lowest BCUT2D eigenvalue weighted by Gasteiger charge is -2.12. The lowest BCUT2D eigenvalue weighted by molar-refractivity contribution is 0.305. The maximum Gasteiger partial charge on any atom is 0.159 e. The first-order valence-corrected chi connectivity index (χ1v) is 12.5. The minimum absolute atomic E-state index is 0.763. The SMILES string of the molecule is CCCCCCc1ccc(-c2nccc(-c3ccccc3OCCCCC3CC3)n2)cc1. The van der Waals surface area contributed by atoms with Crippen molar-refractivity contribution in [2.45, 2.75) is 71.1 Å². The first kappa shape index (κ1) is 22.5. The Kier molecular flexibility index (Phi) is 8.30. The van der Waals surface area contributed by atoms with Gasteiger partial charge in [-0.05, 0) is 55.4 Å². The van der Waals surface area contributed by atoms with Gasteiger partial charge in [-0.2, -0.15) is 0 Å². The molecule has 0 saturated heterocycles. The van der Waals surface area contributed by atoms with E-state index in [1.54, 1.807) is 0 Å². The van der Waals surface area contributed by atoms with Crippen LogP contribution in [0, 0.1) is 5.92 Å². The molecule has 0 atom stereocenters. The molecule has 3 aromatic rings. The molecule has 0 aliphatic heterocycles. The molecule has 0 spiro atoms. The van der Waals surface area contributed by atoms with E-state index in [1.165, 1.54) is 56.9 Å². The van der Waals surface area contributed by atoms with E-state index in [9.17, 15) is 0 Å². The fourth-order valence-electron chi connectivity index (χ4n) is 4.15. The van der Waals surface area contributed by atoms with Crippen LogP contribution in [0.3, 0.4) is 0 Å². The number of nitrogens with zero attached hydrogens (tertiary/aromatic N) is 2. The summed E-state index contributed by atoms with van der Waals surface area (Å²) < 4.78 is 6.15. The molecule has 0 radical (unpaired) electrons. The average molecular weight is 429 g/mol. The van der Waals surface area contributed by atoms with Crippen LogP contribution in [0.2, 0.25) is 0 Å². The summed E-state index contributed by atoms with van der Waals surface area (Å²) >= 11 is 0. The molecular weight excluding hydrogens is 392 g/mol. The number of aromatic nitrogens is 2. The van der Waals surface area contributed by atoms with Gasteiger partial charge in [-0.25, -0.2) is 9.97 Å². The van der Waals surface area contributed by atoms with Crippen molar-refractivity contribution in [2.75, 3.05) is 6.61 Å². The quantitative estimate of drug-likeness (QED) is 0.260. The number of aryl methyl sites for hydroxylation is 1. The van der Waals surface area contributed by atoms with Gasteiger partial charge in [0.2, 0.25) is 0 Å². The van der Waals surface area contributed by atoms with Crippen LogP contribution in [-0.4, -0.2) is 16.6 Å². The van der Waals surface area contributed by atoms with Crippen molar-refractivity contribution in [2.24, 2.45) is 5.92 Å². The van der Waals surface area contributed by atoms with Gasteiger partial charge in [0.25, 0.3) is 0 Å². The third-order valence-corrected chi connectivity index (χ3v) is 6.31. The highest BCUT2D eigenvalue weighted by molar-refractivity contribution is 5.69. The van der Waals surface area contributed by atoms with Gasteiger partial charge in [-0.3, -0.25) is 0 Å². The molecule has 0 N–H and O–H groups in total. The number of para-hydroxylation sites is 1. The largest absolute Gasteiger partial charge is 0.493 e. The molecule has 0 amide bonds. The summed E-state index contributed by atoms with van der Waals surface area (Å²) in [5, 5.41) is 0. The van der Waals surface area contributed by atoms with E-state index >= 15 is 0 Å². The van der Waals surface area contributed by atoms with E-state index in [0.29, 0.717) is 0 Å². The molecule has 1 aliphatic rings. The highest BCUT2D eigenvalue weighted by Gasteiger charge is 2.20. The third kappa shape index (κ3) is 6.66. The maximum absolute atomic E-state index is 6.15. The first-order chi connectivity index (χ1) is 15.8. The fraction of sp³-hybridized carbons (Fsp3) is 0.448. The minimum atomic E-state index is 0.763. The first-order valence-electron chi connectivity index (χ1n) is 12.5. The molecular formula is C29H36N2O. The van der Waals surface area contributed by atoms with Crippen LogP contribution in [0.25, 0.3) is 22.6 Å². The number of rotatable bonds is 13. The maximum atomic E-state index is 6.15. The molecule has 0 bridgehead atoms. The van der Waals surface area contributed by atoms with Crippen molar-refractivity contribution in [3.05, 3.63) is 66.4 Å². The predicted molar refractivity (Wildman–Crippen MR) is 133 cm³/mol. The Balaban J connectivity index is 1.40. The van der Waals surface area contributed by atoms with Gasteiger partial charge in [-0.15, -0.1) is 0 Å². The van der Waals surface area contributed by atoms with Crippen LogP contribution < -0.4 is 4.74 Å². The predicted octanol–water partition coefficient (Wildman–Crippen LogP) is 7.89. The molecule has 1 heterocycles. The lowest BCUT2D eigenvalue weighted by atomic mass is 10.0. The van der Waals surface area contributed by atoms with Crippen molar-refractivity contribution in [3.63, 3.8) is 0 Å². The van der Waals surface area contributed by atoms with E-state index < -0.39 is 0 Å². The minimum Gasteiger partial charge on any atom is -0.493 e. The molecule has 32 heavy (non-hydrogen) atoms. The van der Waals surface area contributed by atoms with Gasteiger partial charge in [0.15, 0.2) is 5.82 Å². The summed E-state index contributed by atoms with van der Waals surface area (Å²) in [6.45, 7) is 3.02. The summed E-state index contributed by atoms with van der Waals surface area (Å²) in [7, 11) is 0. The molecule has 1 aromatic heterocycles. The van der Waals surface area contributed by atoms with Gasteiger partial charge in [0.05, 0.1) is 12.3 Å². The number of benzene rings is 2. The molecule has 1 aliphatic carbocycles. The zero-order valence-electron chi connectivity index (χ0n) is 19.4. The topological polar surface area (TPSA) is 35.0 Å². The Morgan fingerprint density at radius 1 is 0.875 bits per heavy atom. The summed E-state index contributed by atoms with van der Waals surface area (Å²) in [4.78, 5) is 9.41. The molecule has 168 valence electrons. The van der Waals surface area contributed by atoms with Crippen LogP contribution in [0.15, 0.2) is 60.8 Å². The Morgan fingerprint density at radius 3 is 2.53 bits per heavy atom. The normalized spacial score (nSPS) is 13.3. The highest BCUT2D eigenvalue weighted by atomic mass is 16.5. The number of hydrogen-bond acceptors (Lipinski definition) is 3. The zero-order valence-corrected chi connectivity index (χ0v) is 19.4. The van der Waals surface area contributed by atoms with Crippen molar-refractivity contribution in [1.29, 1.82) is 0 Å². The number of hydrogen-bond donors (Lipinski definition) is 0. The Hall–Kier alpha value is -2.68. The molecule has 1 fully saturated rings. The van der Waals surface area contributed by atoms with E-state index in [2.05, 4.69) is 42.2 Å². The van der Waals surface area contributed by atoms with Crippen molar-refractivity contribution >= 4 is 0 Å². The highest BCUT2D eigenvalue weighted by Crippen LogP contribution is 2.34. The monoisotopic (exact) mass is 428 g/mol. The molecule has 3 heteroatoms. The van der Waals surface area contributed by atoms with E-state index in [4.69, 9.17) is 9.72 Å². The number of unbranched alkanes of at least 4 members (excludes halogenated alkanes) is 4. The van der Waals surface area contributed by atoms with Crippen LogP contribution in [0.5, 0.6) is 5.75 Å². The van der Waals surface area contributed by atoms with Crippen LogP contribution >= 0.6 is 0 Å². The van der Waals surface area contributed by atoms with Gasteiger partial charge >= 0.3 is 0 Å². The second kappa shape index (κ2) is 11.8. The van der Waals surface area contributed by atoms with E-state index in [-0.39, 0.29) is 0 Å². The third-order valence-electron chi connectivity index (χ3n) is 6.31. The molecule has 2 aromatic carbocycles. The molecule has 0 unspecified atom stereocenters. The molecule has 1 saturated carbocycles. The lowest BCUT2D eigenvalue weighted by Crippen LogP contribution is -2.00. The van der Waals surface area contributed by atoms with Crippen LogP contribution in [0.4, 0.5) is 0 Å². The average Bonchev–Trinajstić information content (AvgIpc) is 3.67. The van der Waals surface area contributed by atoms with Crippen molar-refractivity contribution < 1.29 is 4.74 Å². The second-order valence-electron chi connectivity index (χ2n) is 9.06. The number of ether oxygens (including phenoxy) is 1. The summed E-state index contributed by atoms with van der Waals surface area (Å²) in [6, 6.07) is 18.9. The van der Waals surface area contributed by atoms with Gasteiger partial charge in [-0.1, -0.05) is 81.8 Å². The second-order valence-corrected chi connectivity index (χ2v) is 9.06. The summed E-state index contributed by atoms with van der Waals surface area (Å²) in [6.07, 6.45) is 14.8. The Labute approximate surface area is 193 Å². The van der Waals surface area contributed by atoms with Crippen molar-refractivity contribution in [1.82, 2.24) is 9.97 Å². The molecule has 4 rings (SSSR count). The van der Waals surface area contributed by atoms with Crippen molar-refractivity contribution in [3.8, 4) is 28.4 Å². The van der Waals surface area contributed by atoms with Gasteiger partial charge in [0, 0.05) is 17.3 Å². The standard InChI is InChI=1S/C29H36N2O/c1-2-3-4-5-10-24-16-18-25(19-17-24)29-30-21-20-27(31-29)26-12-6-7-13-28(26)32-22-9-8-11-23-14-15-23/h6-7,12-13,16-21,23H,2-5,8-11,14-15,22H2,1H3. The zero-order chi connectivity index (χ0) is 22.0. The van der Waals surface area contributed by atoms with Gasteiger partial charge < -0.3 is 4.74 Å². The fourth-order valence-corrected chi connectivity index (χ4v) is 4.15. The van der Waals surface area contributed by atoms with E-state index in [1.807, 2.05) is 30.5 Å².